The lowest BCUT2D eigenvalue weighted by Crippen LogP contribution is -2.49. The van der Waals surface area contributed by atoms with Gasteiger partial charge < -0.3 is 18.8 Å². The molecular formula is C17H19NO5. The average molecular weight is 317 g/mol. The average Bonchev–Trinajstić information content (AvgIpc) is 2.95. The number of furan rings is 1. The maximum atomic E-state index is 12.2. The first-order valence-electron chi connectivity index (χ1n) is 7.62. The Morgan fingerprint density at radius 1 is 1.22 bits per heavy atom. The number of rotatable bonds is 3. The van der Waals surface area contributed by atoms with Gasteiger partial charge in [0.1, 0.15) is 5.58 Å². The summed E-state index contributed by atoms with van der Waals surface area (Å²) >= 11 is 0. The quantitative estimate of drug-likeness (QED) is 0.812. The van der Waals surface area contributed by atoms with Gasteiger partial charge in [-0.25, -0.2) is 4.79 Å². The van der Waals surface area contributed by atoms with Crippen molar-refractivity contribution < 1.29 is 23.5 Å². The van der Waals surface area contributed by atoms with Crippen LogP contribution in [0.1, 0.15) is 24.4 Å². The van der Waals surface area contributed by atoms with Crippen LogP contribution in [0.25, 0.3) is 11.0 Å². The highest BCUT2D eigenvalue weighted by Gasteiger charge is 2.26. The zero-order chi connectivity index (χ0) is 16.4. The highest BCUT2D eigenvalue weighted by molar-refractivity contribution is 5.93. The summed E-state index contributed by atoms with van der Waals surface area (Å²) in [5.41, 5.74) is 0.613. The molecule has 1 saturated heterocycles. The normalized spacial score (nSPS) is 21.4. The summed E-state index contributed by atoms with van der Waals surface area (Å²) in [5, 5.41) is 0.821. The number of carbonyl (C=O) groups is 2. The van der Waals surface area contributed by atoms with Crippen LogP contribution in [0.2, 0.25) is 0 Å². The number of esters is 1. The summed E-state index contributed by atoms with van der Waals surface area (Å²) in [7, 11) is 0. The van der Waals surface area contributed by atoms with Gasteiger partial charge >= 0.3 is 5.97 Å². The van der Waals surface area contributed by atoms with Crippen LogP contribution in [0, 0.1) is 0 Å². The van der Waals surface area contributed by atoms with Crippen LogP contribution in [0.15, 0.2) is 34.7 Å². The van der Waals surface area contributed by atoms with Crippen LogP contribution in [0.3, 0.4) is 0 Å². The van der Waals surface area contributed by atoms with E-state index in [1.54, 1.807) is 17.0 Å². The Kier molecular flexibility index (Phi) is 4.34. The number of morpholine rings is 1. The summed E-state index contributed by atoms with van der Waals surface area (Å²) < 4.78 is 16.1. The van der Waals surface area contributed by atoms with Crippen molar-refractivity contribution in [3.05, 3.63) is 36.1 Å². The van der Waals surface area contributed by atoms with Crippen LogP contribution in [0.4, 0.5) is 0 Å². The molecule has 0 unspecified atom stereocenters. The van der Waals surface area contributed by atoms with Gasteiger partial charge in [-0.2, -0.15) is 0 Å². The standard InChI is InChI=1S/C17H19NO5/c1-11-8-18(9-12(2)22-11)16(19)10-21-17(20)15-7-13-5-3-4-6-14(13)23-15/h3-7,11-12H,8-10H2,1-2H3/t11-,12+. The second-order valence-electron chi connectivity index (χ2n) is 5.78. The summed E-state index contributed by atoms with van der Waals surface area (Å²) in [6.07, 6.45) is -0.0393. The van der Waals surface area contributed by atoms with Crippen molar-refractivity contribution >= 4 is 22.8 Å². The highest BCUT2D eigenvalue weighted by Crippen LogP contribution is 2.19. The summed E-state index contributed by atoms with van der Waals surface area (Å²) in [6, 6.07) is 8.91. The van der Waals surface area contributed by atoms with E-state index < -0.39 is 5.97 Å². The fourth-order valence-electron chi connectivity index (χ4n) is 2.75. The summed E-state index contributed by atoms with van der Waals surface area (Å²) in [6.45, 7) is 4.54. The van der Waals surface area contributed by atoms with E-state index in [4.69, 9.17) is 13.9 Å². The van der Waals surface area contributed by atoms with E-state index in [1.165, 1.54) is 0 Å². The number of para-hydroxylation sites is 1. The second kappa shape index (κ2) is 6.42. The molecule has 0 saturated carbocycles. The number of ether oxygens (including phenoxy) is 2. The van der Waals surface area contributed by atoms with E-state index in [2.05, 4.69) is 0 Å². The third-order valence-corrected chi connectivity index (χ3v) is 3.73. The minimum Gasteiger partial charge on any atom is -0.450 e. The minimum absolute atomic E-state index is 0.0197. The molecule has 1 aromatic carbocycles. The van der Waals surface area contributed by atoms with Crippen molar-refractivity contribution in [2.24, 2.45) is 0 Å². The molecule has 6 heteroatoms. The molecule has 0 aliphatic carbocycles. The first-order chi connectivity index (χ1) is 11.0. The highest BCUT2D eigenvalue weighted by atomic mass is 16.5. The molecule has 2 atom stereocenters. The van der Waals surface area contributed by atoms with E-state index in [0.717, 1.165) is 5.39 Å². The molecule has 23 heavy (non-hydrogen) atoms. The molecule has 0 radical (unpaired) electrons. The number of benzene rings is 1. The van der Waals surface area contributed by atoms with Crippen LogP contribution in [-0.4, -0.2) is 48.7 Å². The maximum Gasteiger partial charge on any atom is 0.374 e. The third kappa shape index (κ3) is 3.53. The molecule has 2 heterocycles. The number of amides is 1. The van der Waals surface area contributed by atoms with Crippen molar-refractivity contribution in [1.82, 2.24) is 4.90 Å². The lowest BCUT2D eigenvalue weighted by molar-refractivity contribution is -0.146. The van der Waals surface area contributed by atoms with Gasteiger partial charge in [0.15, 0.2) is 6.61 Å². The topological polar surface area (TPSA) is 69.0 Å². The van der Waals surface area contributed by atoms with Crippen LogP contribution >= 0.6 is 0 Å². The SMILES string of the molecule is C[C@@H]1CN(C(=O)COC(=O)c2cc3ccccc3o2)C[C@H](C)O1. The van der Waals surface area contributed by atoms with Crippen LogP contribution in [0.5, 0.6) is 0 Å². The van der Waals surface area contributed by atoms with Gasteiger partial charge in [0, 0.05) is 18.5 Å². The van der Waals surface area contributed by atoms with Gasteiger partial charge in [0.25, 0.3) is 5.91 Å². The van der Waals surface area contributed by atoms with Crippen molar-refractivity contribution in [3.63, 3.8) is 0 Å². The van der Waals surface area contributed by atoms with E-state index in [1.807, 2.05) is 32.0 Å². The molecule has 122 valence electrons. The first kappa shape index (κ1) is 15.6. The second-order valence-corrected chi connectivity index (χ2v) is 5.78. The Hall–Kier alpha value is -2.34. The first-order valence-corrected chi connectivity index (χ1v) is 7.62. The Labute approximate surface area is 133 Å². The molecule has 1 aliphatic rings. The van der Waals surface area contributed by atoms with Gasteiger partial charge in [0.05, 0.1) is 12.2 Å². The van der Waals surface area contributed by atoms with E-state index in [-0.39, 0.29) is 30.5 Å². The van der Waals surface area contributed by atoms with E-state index in [0.29, 0.717) is 18.7 Å². The number of fused-ring (bicyclic) bond motifs is 1. The lowest BCUT2D eigenvalue weighted by atomic mass is 10.2. The number of carbonyl (C=O) groups excluding carboxylic acids is 2. The molecule has 6 nitrogen and oxygen atoms in total. The Morgan fingerprint density at radius 2 is 1.91 bits per heavy atom. The molecule has 1 aromatic heterocycles. The Balaban J connectivity index is 1.59. The number of nitrogens with zero attached hydrogens (tertiary/aromatic N) is 1. The predicted molar refractivity (Wildman–Crippen MR) is 83.1 cm³/mol. The molecule has 1 fully saturated rings. The smallest absolute Gasteiger partial charge is 0.374 e. The van der Waals surface area contributed by atoms with Gasteiger partial charge in [-0.3, -0.25) is 4.79 Å². The van der Waals surface area contributed by atoms with Crippen molar-refractivity contribution in [1.29, 1.82) is 0 Å². The molecular weight excluding hydrogens is 298 g/mol. The Morgan fingerprint density at radius 3 is 2.61 bits per heavy atom. The zero-order valence-electron chi connectivity index (χ0n) is 13.2. The zero-order valence-corrected chi connectivity index (χ0v) is 13.2. The summed E-state index contributed by atoms with van der Waals surface area (Å²) in [5.74, 6) is -0.761. The van der Waals surface area contributed by atoms with Crippen molar-refractivity contribution in [2.45, 2.75) is 26.1 Å². The lowest BCUT2D eigenvalue weighted by Gasteiger charge is -2.35. The molecule has 3 rings (SSSR count). The molecule has 0 N–H and O–H groups in total. The Bertz CT molecular complexity index is 680. The maximum absolute atomic E-state index is 12.2. The molecule has 1 amide bonds. The van der Waals surface area contributed by atoms with Gasteiger partial charge in [-0.15, -0.1) is 0 Å². The van der Waals surface area contributed by atoms with Gasteiger partial charge in [-0.1, -0.05) is 18.2 Å². The number of hydrogen-bond acceptors (Lipinski definition) is 5. The van der Waals surface area contributed by atoms with Crippen molar-refractivity contribution in [2.75, 3.05) is 19.7 Å². The van der Waals surface area contributed by atoms with Crippen LogP contribution in [-0.2, 0) is 14.3 Å². The molecule has 2 aromatic rings. The van der Waals surface area contributed by atoms with Gasteiger partial charge in [-0.05, 0) is 26.0 Å². The molecule has 0 spiro atoms. The molecule has 1 aliphatic heterocycles. The fraction of sp³-hybridized carbons (Fsp3) is 0.412. The fourth-order valence-corrected chi connectivity index (χ4v) is 2.75. The number of hydrogen-bond donors (Lipinski definition) is 0. The van der Waals surface area contributed by atoms with Crippen LogP contribution < -0.4 is 0 Å². The van der Waals surface area contributed by atoms with Gasteiger partial charge in [0.2, 0.25) is 5.76 Å². The monoisotopic (exact) mass is 317 g/mol. The summed E-state index contributed by atoms with van der Waals surface area (Å²) in [4.78, 5) is 25.8. The molecule has 0 bridgehead atoms. The van der Waals surface area contributed by atoms with E-state index >= 15 is 0 Å². The largest absolute Gasteiger partial charge is 0.450 e. The predicted octanol–water partition coefficient (Wildman–Crippen LogP) is 2.23. The van der Waals surface area contributed by atoms with Crippen molar-refractivity contribution in [3.8, 4) is 0 Å². The third-order valence-electron chi connectivity index (χ3n) is 3.73. The van der Waals surface area contributed by atoms with E-state index in [9.17, 15) is 9.59 Å². The minimum atomic E-state index is -0.635.